The zero-order chi connectivity index (χ0) is 17.9. The average molecular weight is 350 g/mol. The lowest BCUT2D eigenvalue weighted by Gasteiger charge is -2.24. The van der Waals surface area contributed by atoms with Crippen LogP contribution in [0.25, 0.3) is 0 Å². The van der Waals surface area contributed by atoms with Crippen LogP contribution in [0.5, 0.6) is 0 Å². The highest BCUT2D eigenvalue weighted by atomic mass is 32.2. The number of carboxylic acid groups (broad SMARTS) is 1. The summed E-state index contributed by atoms with van der Waals surface area (Å²) in [7, 11) is -4.18. The Labute approximate surface area is 138 Å². The SMILES string of the molecule is Cc1ccccc1N(CC(=O)O)S(=O)(=O)c1ccc([N+](=O)[O-])cc1. The van der Waals surface area contributed by atoms with Crippen LogP contribution in [-0.4, -0.2) is 31.0 Å². The smallest absolute Gasteiger partial charge is 0.324 e. The highest BCUT2D eigenvalue weighted by molar-refractivity contribution is 7.92. The van der Waals surface area contributed by atoms with Crippen LogP contribution < -0.4 is 4.31 Å². The van der Waals surface area contributed by atoms with Crippen molar-refractivity contribution in [3.05, 3.63) is 64.2 Å². The number of carboxylic acids is 1. The van der Waals surface area contributed by atoms with Gasteiger partial charge in [0, 0.05) is 12.1 Å². The number of benzene rings is 2. The zero-order valence-electron chi connectivity index (χ0n) is 12.6. The fourth-order valence-electron chi connectivity index (χ4n) is 2.13. The molecule has 2 aromatic rings. The fraction of sp³-hybridized carbons (Fsp3) is 0.133. The summed E-state index contributed by atoms with van der Waals surface area (Å²) >= 11 is 0. The third-order valence-electron chi connectivity index (χ3n) is 3.30. The van der Waals surface area contributed by atoms with E-state index >= 15 is 0 Å². The Kier molecular flexibility index (Phi) is 4.84. The van der Waals surface area contributed by atoms with E-state index in [4.69, 9.17) is 5.11 Å². The molecular weight excluding hydrogens is 336 g/mol. The quantitative estimate of drug-likeness (QED) is 0.630. The fourth-order valence-corrected chi connectivity index (χ4v) is 3.61. The van der Waals surface area contributed by atoms with Gasteiger partial charge in [0.05, 0.1) is 15.5 Å². The first kappa shape index (κ1) is 17.4. The third-order valence-corrected chi connectivity index (χ3v) is 5.07. The number of nitrogens with zero attached hydrogens (tertiary/aromatic N) is 2. The summed E-state index contributed by atoms with van der Waals surface area (Å²) in [6.07, 6.45) is 0. The Morgan fingerprint density at radius 1 is 1.17 bits per heavy atom. The Hall–Kier alpha value is -2.94. The molecular formula is C15H14N2O6S. The molecule has 0 saturated carbocycles. The average Bonchev–Trinajstić information content (AvgIpc) is 2.53. The number of hydrogen-bond donors (Lipinski definition) is 1. The number of nitro benzene ring substituents is 1. The molecule has 0 amide bonds. The monoisotopic (exact) mass is 350 g/mol. The predicted molar refractivity (Wildman–Crippen MR) is 86.4 cm³/mol. The van der Waals surface area contributed by atoms with Gasteiger partial charge in [0.1, 0.15) is 6.54 Å². The van der Waals surface area contributed by atoms with Gasteiger partial charge in [-0.25, -0.2) is 8.42 Å². The van der Waals surface area contributed by atoms with Crippen molar-refractivity contribution in [2.75, 3.05) is 10.8 Å². The molecule has 24 heavy (non-hydrogen) atoms. The van der Waals surface area contributed by atoms with Crippen LogP contribution in [0.15, 0.2) is 53.4 Å². The van der Waals surface area contributed by atoms with Gasteiger partial charge in [0.25, 0.3) is 15.7 Å². The standard InChI is InChI=1S/C15H14N2O6S/c1-11-4-2-3-5-14(11)16(10-15(18)19)24(22,23)13-8-6-12(7-9-13)17(20)21/h2-9H,10H2,1H3,(H,18,19). The van der Waals surface area contributed by atoms with Crippen molar-refractivity contribution in [1.29, 1.82) is 0 Å². The van der Waals surface area contributed by atoms with Crippen molar-refractivity contribution in [2.24, 2.45) is 0 Å². The van der Waals surface area contributed by atoms with Crippen LogP contribution in [0.2, 0.25) is 0 Å². The summed E-state index contributed by atoms with van der Waals surface area (Å²) in [5.41, 5.74) is 0.567. The molecule has 0 aliphatic heterocycles. The molecule has 0 radical (unpaired) electrons. The van der Waals surface area contributed by atoms with E-state index in [1.54, 1.807) is 25.1 Å². The van der Waals surface area contributed by atoms with Gasteiger partial charge in [-0.15, -0.1) is 0 Å². The van der Waals surface area contributed by atoms with Crippen molar-refractivity contribution in [2.45, 2.75) is 11.8 Å². The van der Waals surface area contributed by atoms with Crippen LogP contribution in [0.1, 0.15) is 5.56 Å². The predicted octanol–water partition coefficient (Wildman–Crippen LogP) is 2.18. The summed E-state index contributed by atoms with van der Waals surface area (Å²) < 4.78 is 26.4. The van der Waals surface area contributed by atoms with Crippen molar-refractivity contribution in [1.82, 2.24) is 0 Å². The second kappa shape index (κ2) is 6.67. The number of aryl methyl sites for hydroxylation is 1. The lowest BCUT2D eigenvalue weighted by molar-refractivity contribution is -0.384. The minimum absolute atomic E-state index is 0.224. The molecule has 8 nitrogen and oxygen atoms in total. The van der Waals surface area contributed by atoms with Crippen LogP contribution in [0.3, 0.4) is 0 Å². The Morgan fingerprint density at radius 2 is 1.75 bits per heavy atom. The second-order valence-corrected chi connectivity index (χ2v) is 6.81. The summed E-state index contributed by atoms with van der Waals surface area (Å²) in [4.78, 5) is 20.9. The Bertz CT molecular complexity index is 877. The van der Waals surface area contributed by atoms with Crippen molar-refractivity contribution in [3.8, 4) is 0 Å². The van der Waals surface area contributed by atoms with Crippen molar-refractivity contribution in [3.63, 3.8) is 0 Å². The summed E-state index contributed by atoms with van der Waals surface area (Å²) in [6, 6.07) is 10.8. The van der Waals surface area contributed by atoms with Crippen LogP contribution in [-0.2, 0) is 14.8 Å². The van der Waals surface area contributed by atoms with Gasteiger partial charge in [0.2, 0.25) is 0 Å². The summed E-state index contributed by atoms with van der Waals surface area (Å²) in [5, 5.41) is 19.7. The van der Waals surface area contributed by atoms with Crippen LogP contribution in [0, 0.1) is 17.0 Å². The molecule has 0 bridgehead atoms. The molecule has 126 valence electrons. The second-order valence-electron chi connectivity index (χ2n) is 4.94. The number of sulfonamides is 1. The maximum Gasteiger partial charge on any atom is 0.324 e. The minimum Gasteiger partial charge on any atom is -0.480 e. The van der Waals surface area contributed by atoms with Gasteiger partial charge >= 0.3 is 5.97 Å². The van der Waals surface area contributed by atoms with E-state index in [-0.39, 0.29) is 16.3 Å². The maximum absolute atomic E-state index is 12.8. The first-order chi connectivity index (χ1) is 11.2. The number of nitro groups is 1. The van der Waals surface area contributed by atoms with Gasteiger partial charge in [-0.3, -0.25) is 19.2 Å². The van der Waals surface area contributed by atoms with Gasteiger partial charge in [-0.05, 0) is 30.7 Å². The number of anilines is 1. The number of para-hydroxylation sites is 1. The number of carbonyl (C=O) groups is 1. The van der Waals surface area contributed by atoms with E-state index in [1.807, 2.05) is 0 Å². The lowest BCUT2D eigenvalue weighted by Crippen LogP contribution is -2.36. The first-order valence-corrected chi connectivity index (χ1v) is 8.22. The molecule has 0 spiro atoms. The van der Waals surface area contributed by atoms with E-state index in [0.29, 0.717) is 5.56 Å². The number of aliphatic carboxylic acids is 1. The van der Waals surface area contributed by atoms with E-state index in [0.717, 1.165) is 28.6 Å². The number of non-ortho nitro benzene ring substituents is 1. The molecule has 0 aliphatic rings. The highest BCUT2D eigenvalue weighted by Crippen LogP contribution is 2.27. The van der Waals surface area contributed by atoms with Crippen LogP contribution in [0.4, 0.5) is 11.4 Å². The first-order valence-electron chi connectivity index (χ1n) is 6.78. The molecule has 0 fully saturated rings. The Balaban J connectivity index is 2.53. The van der Waals surface area contributed by atoms with Crippen molar-refractivity contribution >= 4 is 27.4 Å². The topological polar surface area (TPSA) is 118 Å². The van der Waals surface area contributed by atoms with E-state index < -0.39 is 27.5 Å². The molecule has 0 saturated heterocycles. The van der Waals surface area contributed by atoms with Crippen LogP contribution >= 0.6 is 0 Å². The maximum atomic E-state index is 12.8. The lowest BCUT2D eigenvalue weighted by atomic mass is 10.2. The van der Waals surface area contributed by atoms with Gasteiger partial charge < -0.3 is 5.11 Å². The molecule has 2 rings (SSSR count). The molecule has 0 aliphatic carbocycles. The molecule has 2 aromatic carbocycles. The van der Waals surface area contributed by atoms with Gasteiger partial charge in [0.15, 0.2) is 0 Å². The summed E-state index contributed by atoms with van der Waals surface area (Å²) in [5.74, 6) is -1.32. The summed E-state index contributed by atoms with van der Waals surface area (Å²) in [6.45, 7) is 0.902. The Morgan fingerprint density at radius 3 is 2.25 bits per heavy atom. The highest BCUT2D eigenvalue weighted by Gasteiger charge is 2.28. The molecule has 1 N–H and O–H groups in total. The van der Waals surface area contributed by atoms with Gasteiger partial charge in [-0.2, -0.15) is 0 Å². The van der Waals surface area contributed by atoms with E-state index in [1.165, 1.54) is 6.07 Å². The molecule has 0 heterocycles. The minimum atomic E-state index is -4.18. The molecule has 0 unspecified atom stereocenters. The number of hydrogen-bond acceptors (Lipinski definition) is 5. The number of rotatable bonds is 6. The molecule has 9 heteroatoms. The molecule has 0 aromatic heterocycles. The zero-order valence-corrected chi connectivity index (χ0v) is 13.4. The van der Waals surface area contributed by atoms with Gasteiger partial charge in [-0.1, -0.05) is 18.2 Å². The third kappa shape index (κ3) is 3.51. The van der Waals surface area contributed by atoms with E-state index in [9.17, 15) is 23.3 Å². The van der Waals surface area contributed by atoms with Crippen molar-refractivity contribution < 1.29 is 23.2 Å². The van der Waals surface area contributed by atoms with E-state index in [2.05, 4.69) is 0 Å². The molecule has 0 atom stereocenters. The normalized spacial score (nSPS) is 11.0. The largest absolute Gasteiger partial charge is 0.480 e.